The first kappa shape index (κ1) is 16.9. The summed E-state index contributed by atoms with van der Waals surface area (Å²) in [7, 11) is 0. The molecule has 1 heterocycles. The van der Waals surface area contributed by atoms with Crippen molar-refractivity contribution in [1.82, 2.24) is 9.97 Å². The molecule has 2 N–H and O–H groups in total. The van der Waals surface area contributed by atoms with Gasteiger partial charge < -0.3 is 10.5 Å². The molecule has 1 saturated carbocycles. The summed E-state index contributed by atoms with van der Waals surface area (Å²) in [5.41, 5.74) is 7.70. The first-order chi connectivity index (χ1) is 11.6. The average Bonchev–Trinajstić information content (AvgIpc) is 3.45. The van der Waals surface area contributed by atoms with E-state index in [0.717, 1.165) is 22.3 Å². The normalized spacial score (nSPS) is 16.2. The molecular weight excluding hydrogens is 368 g/mol. The van der Waals surface area contributed by atoms with Crippen molar-refractivity contribution in [3.8, 4) is 11.8 Å². The van der Waals surface area contributed by atoms with Crippen LogP contribution in [0.3, 0.4) is 0 Å². The van der Waals surface area contributed by atoms with Gasteiger partial charge in [0.05, 0.1) is 16.1 Å². The van der Waals surface area contributed by atoms with E-state index in [-0.39, 0.29) is 12.1 Å². The fourth-order valence-electron chi connectivity index (χ4n) is 2.47. The minimum atomic E-state index is -0.340. The minimum Gasteiger partial charge on any atom is -0.483 e. The number of nitrogens with zero attached hydrogens (tertiary/aromatic N) is 3. The van der Waals surface area contributed by atoms with Gasteiger partial charge in [-0.3, -0.25) is 0 Å². The first-order valence-electron chi connectivity index (χ1n) is 8.06. The maximum atomic E-state index is 8.97. The quantitative estimate of drug-likeness (QED) is 0.814. The standard InChI is InChI=1S/C18H19BrN4O/c1-2-15(21)17(13-9-22-18(23-10-13)12-4-5-12)24-16-6-3-11(8-20)7-14(16)19/h3,6-7,9-10,12,15,17H,2,4-5,21H2,1H3. The Kier molecular flexibility index (Phi) is 5.12. The van der Waals surface area contributed by atoms with Crippen molar-refractivity contribution < 1.29 is 4.74 Å². The number of halogens is 1. The van der Waals surface area contributed by atoms with Crippen LogP contribution in [0.2, 0.25) is 0 Å². The molecule has 24 heavy (non-hydrogen) atoms. The molecule has 0 spiro atoms. The maximum absolute atomic E-state index is 8.97. The molecule has 2 aromatic rings. The zero-order valence-corrected chi connectivity index (χ0v) is 15.0. The topological polar surface area (TPSA) is 84.8 Å². The van der Waals surface area contributed by atoms with Crippen molar-refractivity contribution in [2.45, 2.75) is 44.2 Å². The molecule has 0 amide bonds. The molecule has 124 valence electrons. The van der Waals surface area contributed by atoms with Gasteiger partial charge in [-0.2, -0.15) is 5.26 Å². The van der Waals surface area contributed by atoms with E-state index < -0.39 is 0 Å². The van der Waals surface area contributed by atoms with E-state index in [0.29, 0.717) is 17.2 Å². The lowest BCUT2D eigenvalue weighted by Crippen LogP contribution is -2.31. The van der Waals surface area contributed by atoms with Crippen LogP contribution in [0.1, 0.15) is 55.2 Å². The van der Waals surface area contributed by atoms with Gasteiger partial charge in [0.15, 0.2) is 0 Å². The van der Waals surface area contributed by atoms with E-state index in [1.54, 1.807) is 18.2 Å². The number of ether oxygens (including phenoxy) is 1. The van der Waals surface area contributed by atoms with Crippen LogP contribution < -0.4 is 10.5 Å². The van der Waals surface area contributed by atoms with Crippen LogP contribution in [0, 0.1) is 11.3 Å². The Balaban J connectivity index is 1.85. The van der Waals surface area contributed by atoms with E-state index >= 15 is 0 Å². The molecule has 6 heteroatoms. The first-order valence-corrected chi connectivity index (χ1v) is 8.85. The summed E-state index contributed by atoms with van der Waals surface area (Å²) < 4.78 is 6.87. The van der Waals surface area contributed by atoms with Crippen molar-refractivity contribution in [2.24, 2.45) is 5.73 Å². The molecule has 1 fully saturated rings. The third-order valence-corrected chi connectivity index (χ3v) is 4.76. The van der Waals surface area contributed by atoms with Gasteiger partial charge in [0, 0.05) is 29.9 Å². The lowest BCUT2D eigenvalue weighted by Gasteiger charge is -2.25. The lowest BCUT2D eigenvalue weighted by molar-refractivity contribution is 0.169. The van der Waals surface area contributed by atoms with Gasteiger partial charge in [-0.1, -0.05) is 6.92 Å². The molecule has 0 saturated heterocycles. The van der Waals surface area contributed by atoms with Crippen molar-refractivity contribution >= 4 is 15.9 Å². The van der Waals surface area contributed by atoms with E-state index in [1.165, 1.54) is 12.8 Å². The second-order valence-electron chi connectivity index (χ2n) is 6.02. The molecular formula is C18H19BrN4O. The molecule has 3 rings (SSSR count). The fourth-order valence-corrected chi connectivity index (χ4v) is 2.94. The van der Waals surface area contributed by atoms with Crippen molar-refractivity contribution in [3.05, 3.63) is 52.0 Å². The van der Waals surface area contributed by atoms with E-state index in [1.807, 2.05) is 19.3 Å². The predicted molar refractivity (Wildman–Crippen MR) is 94.5 cm³/mol. The molecule has 5 nitrogen and oxygen atoms in total. The molecule has 1 aromatic carbocycles. The molecule has 1 aliphatic rings. The van der Waals surface area contributed by atoms with E-state index in [4.69, 9.17) is 15.7 Å². The monoisotopic (exact) mass is 386 g/mol. The van der Waals surface area contributed by atoms with Crippen LogP contribution in [0.15, 0.2) is 35.1 Å². The Morgan fingerprint density at radius 1 is 1.38 bits per heavy atom. The highest BCUT2D eigenvalue weighted by molar-refractivity contribution is 9.10. The van der Waals surface area contributed by atoms with Gasteiger partial charge in [-0.05, 0) is 53.4 Å². The summed E-state index contributed by atoms with van der Waals surface area (Å²) in [6, 6.07) is 7.16. The summed E-state index contributed by atoms with van der Waals surface area (Å²) in [6.07, 6.45) is 6.41. The summed E-state index contributed by atoms with van der Waals surface area (Å²) >= 11 is 3.45. The molecule has 0 aliphatic heterocycles. The van der Waals surface area contributed by atoms with Gasteiger partial charge >= 0.3 is 0 Å². The van der Waals surface area contributed by atoms with Gasteiger partial charge in [0.2, 0.25) is 0 Å². The van der Waals surface area contributed by atoms with Crippen molar-refractivity contribution in [2.75, 3.05) is 0 Å². The van der Waals surface area contributed by atoms with Crippen LogP contribution >= 0.6 is 15.9 Å². The van der Waals surface area contributed by atoms with Crippen LogP contribution in [-0.2, 0) is 0 Å². The predicted octanol–water partition coefficient (Wildman–Crippen LogP) is 3.85. The summed E-state index contributed by atoms with van der Waals surface area (Å²) in [5, 5.41) is 8.97. The number of aromatic nitrogens is 2. The van der Waals surface area contributed by atoms with Crippen LogP contribution in [0.5, 0.6) is 5.75 Å². The van der Waals surface area contributed by atoms with Gasteiger partial charge in [0.1, 0.15) is 17.7 Å². The zero-order valence-electron chi connectivity index (χ0n) is 13.4. The zero-order chi connectivity index (χ0) is 17.1. The van der Waals surface area contributed by atoms with Crippen LogP contribution in [-0.4, -0.2) is 16.0 Å². The second kappa shape index (κ2) is 7.29. The molecule has 2 atom stereocenters. The number of nitriles is 1. The molecule has 1 aromatic heterocycles. The number of benzene rings is 1. The van der Waals surface area contributed by atoms with Gasteiger partial charge in [0.25, 0.3) is 0 Å². The largest absolute Gasteiger partial charge is 0.483 e. The fraction of sp³-hybridized carbons (Fsp3) is 0.389. The molecule has 2 unspecified atom stereocenters. The SMILES string of the molecule is CCC(N)C(Oc1ccc(C#N)cc1Br)c1cnc(C2CC2)nc1. The number of hydrogen-bond donors (Lipinski definition) is 1. The number of hydrogen-bond acceptors (Lipinski definition) is 5. The van der Waals surface area contributed by atoms with Crippen molar-refractivity contribution in [3.63, 3.8) is 0 Å². The number of nitrogens with two attached hydrogens (primary N) is 1. The number of rotatable bonds is 6. The summed E-state index contributed by atoms with van der Waals surface area (Å²) in [5.74, 6) is 2.07. The van der Waals surface area contributed by atoms with E-state index in [2.05, 4.69) is 32.0 Å². The second-order valence-corrected chi connectivity index (χ2v) is 6.87. The maximum Gasteiger partial charge on any atom is 0.142 e. The Morgan fingerprint density at radius 3 is 2.62 bits per heavy atom. The summed E-state index contributed by atoms with van der Waals surface area (Å²) in [6.45, 7) is 2.02. The van der Waals surface area contributed by atoms with Crippen LogP contribution in [0.25, 0.3) is 0 Å². The smallest absolute Gasteiger partial charge is 0.142 e. The molecule has 0 bridgehead atoms. The Labute approximate surface area is 150 Å². The highest BCUT2D eigenvalue weighted by Crippen LogP contribution is 2.38. The van der Waals surface area contributed by atoms with Crippen LogP contribution in [0.4, 0.5) is 0 Å². The van der Waals surface area contributed by atoms with Crippen molar-refractivity contribution in [1.29, 1.82) is 5.26 Å². The third kappa shape index (κ3) is 3.74. The highest BCUT2D eigenvalue weighted by Gasteiger charge is 2.28. The highest BCUT2D eigenvalue weighted by atomic mass is 79.9. The minimum absolute atomic E-state index is 0.178. The van der Waals surface area contributed by atoms with Gasteiger partial charge in [-0.25, -0.2) is 9.97 Å². The molecule has 0 radical (unpaired) electrons. The Morgan fingerprint density at radius 2 is 2.08 bits per heavy atom. The Bertz CT molecular complexity index is 753. The third-order valence-electron chi connectivity index (χ3n) is 4.14. The summed E-state index contributed by atoms with van der Waals surface area (Å²) in [4.78, 5) is 8.94. The molecule has 1 aliphatic carbocycles. The average molecular weight is 387 g/mol. The lowest BCUT2D eigenvalue weighted by atomic mass is 10.0. The van der Waals surface area contributed by atoms with E-state index in [9.17, 15) is 0 Å². The van der Waals surface area contributed by atoms with Gasteiger partial charge in [-0.15, -0.1) is 0 Å². The Hall–Kier alpha value is -1.97.